The zero-order valence-corrected chi connectivity index (χ0v) is 11.8. The highest BCUT2D eigenvalue weighted by atomic mass is 19.4. The first kappa shape index (κ1) is 17.2. The van der Waals surface area contributed by atoms with Gasteiger partial charge in [-0.2, -0.15) is 13.2 Å². The standard InChI is InChI=1S/C15H17F3O3/c1-4-21-13(19)14(20,15(16,17)18)9-11(3)12-7-5-10(2)6-8-12/h5-8,20H,3-4,9H2,1-2H3. The van der Waals surface area contributed by atoms with Gasteiger partial charge in [0.25, 0.3) is 5.60 Å². The highest BCUT2D eigenvalue weighted by molar-refractivity contribution is 5.83. The van der Waals surface area contributed by atoms with E-state index in [1.807, 2.05) is 6.92 Å². The van der Waals surface area contributed by atoms with Crippen LogP contribution < -0.4 is 0 Å². The largest absolute Gasteiger partial charge is 0.464 e. The second-order valence-corrected chi connectivity index (χ2v) is 4.72. The molecule has 116 valence electrons. The normalized spacial score (nSPS) is 14.4. The molecule has 1 aromatic carbocycles. The van der Waals surface area contributed by atoms with Crippen molar-refractivity contribution in [1.82, 2.24) is 0 Å². The third-order valence-electron chi connectivity index (χ3n) is 3.01. The lowest BCUT2D eigenvalue weighted by atomic mass is 9.90. The zero-order chi connectivity index (χ0) is 16.3. The summed E-state index contributed by atoms with van der Waals surface area (Å²) in [5.41, 5.74) is -2.23. The van der Waals surface area contributed by atoms with Crippen molar-refractivity contribution in [2.75, 3.05) is 6.61 Å². The summed E-state index contributed by atoms with van der Waals surface area (Å²) >= 11 is 0. The maximum Gasteiger partial charge on any atom is 0.428 e. The quantitative estimate of drug-likeness (QED) is 0.849. The van der Waals surface area contributed by atoms with E-state index in [1.54, 1.807) is 24.3 Å². The van der Waals surface area contributed by atoms with Crippen molar-refractivity contribution in [3.63, 3.8) is 0 Å². The van der Waals surface area contributed by atoms with E-state index in [2.05, 4.69) is 11.3 Å². The summed E-state index contributed by atoms with van der Waals surface area (Å²) in [6, 6.07) is 6.58. The molecule has 0 aromatic heterocycles. The number of alkyl halides is 3. The average Bonchev–Trinajstić information content (AvgIpc) is 2.38. The number of carbonyl (C=O) groups is 1. The minimum Gasteiger partial charge on any atom is -0.464 e. The van der Waals surface area contributed by atoms with Gasteiger partial charge in [0.2, 0.25) is 0 Å². The molecule has 21 heavy (non-hydrogen) atoms. The Morgan fingerprint density at radius 3 is 2.24 bits per heavy atom. The lowest BCUT2D eigenvalue weighted by Gasteiger charge is -2.28. The highest BCUT2D eigenvalue weighted by Gasteiger charge is 2.60. The predicted molar refractivity (Wildman–Crippen MR) is 72.5 cm³/mol. The first-order valence-corrected chi connectivity index (χ1v) is 6.33. The van der Waals surface area contributed by atoms with Gasteiger partial charge < -0.3 is 9.84 Å². The van der Waals surface area contributed by atoms with Crippen molar-refractivity contribution in [2.24, 2.45) is 0 Å². The Morgan fingerprint density at radius 2 is 1.81 bits per heavy atom. The van der Waals surface area contributed by atoms with Crippen LogP contribution in [0.3, 0.4) is 0 Å². The van der Waals surface area contributed by atoms with Crippen molar-refractivity contribution in [3.8, 4) is 0 Å². The lowest BCUT2D eigenvalue weighted by Crippen LogP contribution is -2.53. The van der Waals surface area contributed by atoms with Gasteiger partial charge in [-0.05, 0) is 25.0 Å². The zero-order valence-electron chi connectivity index (χ0n) is 11.8. The fraction of sp³-hybridized carbons (Fsp3) is 0.400. The minimum absolute atomic E-state index is 0.00266. The molecule has 1 atom stereocenters. The SMILES string of the molecule is C=C(CC(O)(C(=O)OCC)C(F)(F)F)c1ccc(C)cc1. The molecule has 0 heterocycles. The number of esters is 1. The Morgan fingerprint density at radius 1 is 1.29 bits per heavy atom. The Bertz CT molecular complexity index is 520. The molecule has 1 aromatic rings. The molecule has 6 heteroatoms. The van der Waals surface area contributed by atoms with Crippen LogP contribution >= 0.6 is 0 Å². The Labute approximate surface area is 121 Å². The van der Waals surface area contributed by atoms with E-state index in [1.165, 1.54) is 6.92 Å². The molecule has 0 spiro atoms. The van der Waals surface area contributed by atoms with Gasteiger partial charge in [-0.3, -0.25) is 0 Å². The van der Waals surface area contributed by atoms with Crippen LogP contribution in [0.25, 0.3) is 5.57 Å². The van der Waals surface area contributed by atoms with E-state index in [0.717, 1.165) is 5.56 Å². The summed E-state index contributed by atoms with van der Waals surface area (Å²) in [6.07, 6.45) is -6.12. The van der Waals surface area contributed by atoms with Gasteiger partial charge in [0.05, 0.1) is 6.61 Å². The first-order chi connectivity index (χ1) is 9.61. The van der Waals surface area contributed by atoms with E-state index in [9.17, 15) is 23.1 Å². The molecule has 0 aliphatic carbocycles. The van der Waals surface area contributed by atoms with Crippen LogP contribution in [0.2, 0.25) is 0 Å². The molecule has 1 N–H and O–H groups in total. The molecule has 0 bridgehead atoms. The lowest BCUT2D eigenvalue weighted by molar-refractivity contribution is -0.260. The van der Waals surface area contributed by atoms with E-state index < -0.39 is 24.2 Å². The average molecular weight is 302 g/mol. The number of halogens is 3. The first-order valence-electron chi connectivity index (χ1n) is 6.33. The molecule has 1 rings (SSSR count). The molecule has 0 amide bonds. The van der Waals surface area contributed by atoms with Gasteiger partial charge in [-0.1, -0.05) is 36.4 Å². The summed E-state index contributed by atoms with van der Waals surface area (Å²) in [5, 5.41) is 9.77. The topological polar surface area (TPSA) is 46.5 Å². The van der Waals surface area contributed by atoms with Crippen molar-refractivity contribution in [3.05, 3.63) is 42.0 Å². The molecule has 0 saturated carbocycles. The summed E-state index contributed by atoms with van der Waals surface area (Å²) in [7, 11) is 0. The van der Waals surface area contributed by atoms with Crippen molar-refractivity contribution < 1.29 is 27.8 Å². The van der Waals surface area contributed by atoms with Crippen LogP contribution in [0.1, 0.15) is 24.5 Å². The second kappa shape index (κ2) is 6.30. The molecular formula is C15H17F3O3. The third-order valence-corrected chi connectivity index (χ3v) is 3.01. The number of benzene rings is 1. The maximum absolute atomic E-state index is 13.0. The number of aryl methyl sites for hydroxylation is 1. The molecule has 0 saturated heterocycles. The monoisotopic (exact) mass is 302 g/mol. The molecule has 0 aliphatic rings. The molecule has 3 nitrogen and oxygen atoms in total. The summed E-state index contributed by atoms with van der Waals surface area (Å²) in [6.45, 7) is 6.47. The molecule has 0 radical (unpaired) electrons. The number of rotatable bonds is 5. The third kappa shape index (κ3) is 3.85. The number of carbonyl (C=O) groups excluding carboxylic acids is 1. The van der Waals surface area contributed by atoms with Crippen LogP contribution in [-0.4, -0.2) is 29.5 Å². The number of ether oxygens (including phenoxy) is 1. The fourth-order valence-electron chi connectivity index (χ4n) is 1.74. The summed E-state index contributed by atoms with van der Waals surface area (Å²) in [5.74, 6) is -1.72. The number of aliphatic hydroxyl groups is 1. The summed E-state index contributed by atoms with van der Waals surface area (Å²) in [4.78, 5) is 11.5. The number of hydrogen-bond donors (Lipinski definition) is 1. The van der Waals surface area contributed by atoms with Gasteiger partial charge in [0.1, 0.15) is 0 Å². The summed E-state index contributed by atoms with van der Waals surface area (Å²) < 4.78 is 43.4. The van der Waals surface area contributed by atoms with E-state index >= 15 is 0 Å². The van der Waals surface area contributed by atoms with Crippen molar-refractivity contribution >= 4 is 11.5 Å². The highest BCUT2D eigenvalue weighted by Crippen LogP contribution is 2.38. The van der Waals surface area contributed by atoms with Crippen LogP contribution in [0.5, 0.6) is 0 Å². The Balaban J connectivity index is 3.04. The van der Waals surface area contributed by atoms with Crippen LogP contribution in [0.15, 0.2) is 30.8 Å². The van der Waals surface area contributed by atoms with Gasteiger partial charge in [-0.25, -0.2) is 4.79 Å². The molecule has 0 fully saturated rings. The molecule has 0 aliphatic heterocycles. The van der Waals surface area contributed by atoms with Crippen LogP contribution in [-0.2, 0) is 9.53 Å². The van der Waals surface area contributed by atoms with Crippen LogP contribution in [0, 0.1) is 6.92 Å². The predicted octanol–water partition coefficient (Wildman–Crippen LogP) is 3.25. The Kier molecular flexibility index (Phi) is 5.17. The van der Waals surface area contributed by atoms with E-state index in [4.69, 9.17) is 0 Å². The van der Waals surface area contributed by atoms with E-state index in [0.29, 0.717) is 5.56 Å². The fourth-order valence-corrected chi connectivity index (χ4v) is 1.74. The van der Waals surface area contributed by atoms with Gasteiger partial charge >= 0.3 is 12.1 Å². The van der Waals surface area contributed by atoms with Crippen LogP contribution in [0.4, 0.5) is 13.2 Å². The van der Waals surface area contributed by atoms with Gasteiger partial charge in [0, 0.05) is 6.42 Å². The molecular weight excluding hydrogens is 285 g/mol. The molecule has 1 unspecified atom stereocenters. The number of hydrogen-bond acceptors (Lipinski definition) is 3. The minimum atomic E-state index is -5.15. The van der Waals surface area contributed by atoms with E-state index in [-0.39, 0.29) is 12.2 Å². The second-order valence-electron chi connectivity index (χ2n) is 4.72. The smallest absolute Gasteiger partial charge is 0.428 e. The van der Waals surface area contributed by atoms with Crippen molar-refractivity contribution in [1.29, 1.82) is 0 Å². The van der Waals surface area contributed by atoms with Gasteiger partial charge in [0.15, 0.2) is 0 Å². The van der Waals surface area contributed by atoms with Gasteiger partial charge in [-0.15, -0.1) is 0 Å². The maximum atomic E-state index is 13.0. The Hall–Kier alpha value is -1.82. The van der Waals surface area contributed by atoms with Crippen molar-refractivity contribution in [2.45, 2.75) is 32.0 Å².